The lowest BCUT2D eigenvalue weighted by Crippen LogP contribution is -2.54. The molecule has 1 N–H and O–H groups in total. The number of piperazine rings is 1. The van der Waals surface area contributed by atoms with Crippen molar-refractivity contribution in [2.45, 2.75) is 43.5 Å². The summed E-state index contributed by atoms with van der Waals surface area (Å²) < 4.78 is 38.1. The predicted molar refractivity (Wildman–Crippen MR) is 132 cm³/mol. The normalized spacial score (nSPS) is 16.1. The van der Waals surface area contributed by atoms with Crippen molar-refractivity contribution in [2.75, 3.05) is 40.4 Å². The zero-order valence-electron chi connectivity index (χ0n) is 20.6. The number of urea groups is 1. The Hall–Kier alpha value is -2.78. The van der Waals surface area contributed by atoms with Gasteiger partial charge in [0, 0.05) is 38.3 Å². The van der Waals surface area contributed by atoms with E-state index >= 15 is 0 Å². The van der Waals surface area contributed by atoms with Crippen molar-refractivity contribution in [1.82, 2.24) is 14.5 Å². The molecule has 2 amide bonds. The van der Waals surface area contributed by atoms with Crippen molar-refractivity contribution >= 4 is 16.1 Å². The Balaban J connectivity index is 1.57. The van der Waals surface area contributed by atoms with E-state index in [-0.39, 0.29) is 35.5 Å². The van der Waals surface area contributed by atoms with Crippen LogP contribution in [0.4, 0.5) is 4.79 Å². The number of ether oxygens (including phenoxy) is 2. The number of nitrogens with zero attached hydrogens (tertiary/aromatic N) is 2. The van der Waals surface area contributed by atoms with E-state index in [0.717, 1.165) is 6.42 Å². The molecule has 0 aromatic heterocycles. The quantitative estimate of drug-likeness (QED) is 0.613. The summed E-state index contributed by atoms with van der Waals surface area (Å²) in [6.45, 7) is 7.45. The molecular formula is C25H35N3O5S. The average molecular weight is 490 g/mol. The summed E-state index contributed by atoms with van der Waals surface area (Å²) in [4.78, 5) is 14.6. The molecule has 1 fully saturated rings. The van der Waals surface area contributed by atoms with Crippen molar-refractivity contribution in [2.24, 2.45) is 0 Å². The van der Waals surface area contributed by atoms with E-state index in [1.54, 1.807) is 11.0 Å². The first kappa shape index (κ1) is 25.8. The van der Waals surface area contributed by atoms with Crippen LogP contribution >= 0.6 is 0 Å². The molecule has 0 radical (unpaired) electrons. The molecule has 34 heavy (non-hydrogen) atoms. The maximum absolute atomic E-state index is 13.1. The average Bonchev–Trinajstić information content (AvgIpc) is 2.83. The smallest absolute Gasteiger partial charge is 0.317 e. The van der Waals surface area contributed by atoms with Gasteiger partial charge in [-0.3, -0.25) is 0 Å². The van der Waals surface area contributed by atoms with Crippen LogP contribution in [0, 0.1) is 0 Å². The van der Waals surface area contributed by atoms with E-state index < -0.39 is 10.0 Å². The lowest BCUT2D eigenvalue weighted by molar-refractivity contribution is 0.168. The fourth-order valence-electron chi connectivity index (χ4n) is 4.38. The van der Waals surface area contributed by atoms with Crippen LogP contribution in [0.15, 0.2) is 53.4 Å². The number of rotatable bonds is 8. The molecule has 1 heterocycles. The van der Waals surface area contributed by atoms with Gasteiger partial charge in [0.1, 0.15) is 0 Å². The van der Waals surface area contributed by atoms with Crippen LogP contribution in [-0.4, -0.2) is 70.1 Å². The second kappa shape index (κ2) is 10.7. The molecule has 1 saturated heterocycles. The van der Waals surface area contributed by atoms with E-state index in [1.807, 2.05) is 25.1 Å². The fourth-order valence-corrected chi connectivity index (χ4v) is 5.82. The molecule has 2 aromatic carbocycles. The zero-order chi connectivity index (χ0) is 24.9. The first-order valence-corrected chi connectivity index (χ1v) is 12.9. The highest BCUT2D eigenvalue weighted by Crippen LogP contribution is 2.31. The van der Waals surface area contributed by atoms with Gasteiger partial charge in [-0.2, -0.15) is 4.31 Å². The molecule has 8 nitrogen and oxygen atoms in total. The molecule has 1 aliphatic heterocycles. The van der Waals surface area contributed by atoms with Crippen LogP contribution in [0.3, 0.4) is 0 Å². The maximum Gasteiger partial charge on any atom is 0.317 e. The largest absolute Gasteiger partial charge is 0.493 e. The molecule has 1 unspecified atom stereocenters. The van der Waals surface area contributed by atoms with Gasteiger partial charge in [-0.15, -0.1) is 0 Å². The Labute approximate surface area is 202 Å². The Bertz CT molecular complexity index is 1080. The summed E-state index contributed by atoms with van der Waals surface area (Å²) >= 11 is 0. The Morgan fingerprint density at radius 3 is 2.21 bits per heavy atom. The van der Waals surface area contributed by atoms with Crippen molar-refractivity contribution in [3.8, 4) is 11.5 Å². The van der Waals surface area contributed by atoms with Gasteiger partial charge in [0.15, 0.2) is 11.5 Å². The summed E-state index contributed by atoms with van der Waals surface area (Å²) in [5.74, 6) is 0.821. The summed E-state index contributed by atoms with van der Waals surface area (Å²) in [6, 6.07) is 14.6. The molecule has 3 rings (SSSR count). The zero-order valence-corrected chi connectivity index (χ0v) is 21.4. The van der Waals surface area contributed by atoms with Gasteiger partial charge in [0.05, 0.1) is 19.1 Å². The minimum absolute atomic E-state index is 0.0313. The standard InChI is InChI=1S/C25H35N3O5S/c1-19(18-25(2,3)20-9-7-6-8-10-20)26-24(29)27-13-15-28(16-14-27)34(30,31)21-11-12-22(32-4)23(17-21)33-5/h6-12,17,19H,13-16,18H2,1-5H3,(H,26,29). The highest BCUT2D eigenvalue weighted by Gasteiger charge is 2.32. The van der Waals surface area contributed by atoms with Crippen LogP contribution in [0.2, 0.25) is 0 Å². The number of nitrogens with one attached hydrogen (secondary N) is 1. The van der Waals surface area contributed by atoms with Crippen molar-refractivity contribution in [3.05, 3.63) is 54.1 Å². The molecule has 9 heteroatoms. The topological polar surface area (TPSA) is 88.2 Å². The molecule has 0 bridgehead atoms. The van der Waals surface area contributed by atoms with Gasteiger partial charge in [-0.25, -0.2) is 13.2 Å². The third-order valence-electron chi connectivity index (χ3n) is 6.26. The van der Waals surface area contributed by atoms with Crippen molar-refractivity contribution in [3.63, 3.8) is 0 Å². The number of methoxy groups -OCH3 is 2. The van der Waals surface area contributed by atoms with E-state index in [1.165, 1.54) is 36.2 Å². The second-order valence-electron chi connectivity index (χ2n) is 9.21. The maximum atomic E-state index is 13.1. The van der Waals surface area contributed by atoms with Crippen molar-refractivity contribution < 1.29 is 22.7 Å². The molecular weight excluding hydrogens is 454 g/mol. The predicted octanol–water partition coefficient (Wildman–Crippen LogP) is 3.48. The summed E-state index contributed by atoms with van der Waals surface area (Å²) in [5, 5.41) is 3.08. The van der Waals surface area contributed by atoms with Crippen LogP contribution in [0.1, 0.15) is 32.8 Å². The number of carbonyl (C=O) groups excluding carboxylic acids is 1. The number of sulfonamides is 1. The lowest BCUT2D eigenvalue weighted by atomic mass is 9.79. The SMILES string of the molecule is COc1ccc(S(=O)(=O)N2CCN(C(=O)NC(C)CC(C)(C)c3ccccc3)CC2)cc1OC. The van der Waals surface area contributed by atoms with Gasteiger partial charge in [-0.05, 0) is 36.5 Å². The first-order valence-electron chi connectivity index (χ1n) is 11.4. The highest BCUT2D eigenvalue weighted by molar-refractivity contribution is 7.89. The van der Waals surface area contributed by atoms with Gasteiger partial charge in [0.2, 0.25) is 10.0 Å². The summed E-state index contributed by atoms with van der Waals surface area (Å²) in [7, 11) is -0.741. The Morgan fingerprint density at radius 2 is 1.62 bits per heavy atom. The Kier molecular flexibility index (Phi) is 8.09. The molecule has 0 aliphatic carbocycles. The van der Waals surface area contributed by atoms with Gasteiger partial charge < -0.3 is 19.7 Å². The monoisotopic (exact) mass is 489 g/mol. The third kappa shape index (κ3) is 5.82. The number of carbonyl (C=O) groups is 1. The minimum atomic E-state index is -3.71. The minimum Gasteiger partial charge on any atom is -0.493 e. The van der Waals surface area contributed by atoms with Gasteiger partial charge in [0.25, 0.3) is 0 Å². The molecule has 2 aromatic rings. The van der Waals surface area contributed by atoms with Crippen LogP contribution in [0.5, 0.6) is 11.5 Å². The van der Waals surface area contributed by atoms with E-state index in [0.29, 0.717) is 24.6 Å². The van der Waals surface area contributed by atoms with E-state index in [2.05, 4.69) is 31.3 Å². The van der Waals surface area contributed by atoms with Gasteiger partial charge >= 0.3 is 6.03 Å². The molecule has 0 saturated carbocycles. The van der Waals surface area contributed by atoms with Crippen LogP contribution < -0.4 is 14.8 Å². The molecule has 1 aliphatic rings. The van der Waals surface area contributed by atoms with Crippen LogP contribution in [-0.2, 0) is 15.4 Å². The summed E-state index contributed by atoms with van der Waals surface area (Å²) in [6.07, 6.45) is 0.788. The number of benzene rings is 2. The second-order valence-corrected chi connectivity index (χ2v) is 11.2. The van der Waals surface area contributed by atoms with Crippen LogP contribution in [0.25, 0.3) is 0 Å². The van der Waals surface area contributed by atoms with E-state index in [4.69, 9.17) is 9.47 Å². The van der Waals surface area contributed by atoms with Crippen molar-refractivity contribution in [1.29, 1.82) is 0 Å². The number of hydrogen-bond acceptors (Lipinski definition) is 5. The molecule has 0 spiro atoms. The lowest BCUT2D eigenvalue weighted by Gasteiger charge is -2.35. The highest BCUT2D eigenvalue weighted by atomic mass is 32.2. The number of hydrogen-bond donors (Lipinski definition) is 1. The summed E-state index contributed by atoms with van der Waals surface area (Å²) in [5.41, 5.74) is 1.14. The van der Waals surface area contributed by atoms with Gasteiger partial charge in [-0.1, -0.05) is 44.2 Å². The number of amides is 2. The third-order valence-corrected chi connectivity index (χ3v) is 8.15. The molecule has 186 valence electrons. The van der Waals surface area contributed by atoms with E-state index in [9.17, 15) is 13.2 Å². The fraction of sp³-hybridized carbons (Fsp3) is 0.480. The molecule has 1 atom stereocenters. The first-order chi connectivity index (χ1) is 16.1. The Morgan fingerprint density at radius 1 is 1.00 bits per heavy atom.